The molecule has 23 nitrogen and oxygen atoms in total. The van der Waals surface area contributed by atoms with E-state index in [4.69, 9.17) is 90.7 Å². The Balaban J connectivity index is 0.000000258. The van der Waals surface area contributed by atoms with Crippen LogP contribution >= 0.6 is 64.5 Å². The number of aliphatic hydroxyl groups is 1. The molecule has 2 heterocycles. The highest BCUT2D eigenvalue weighted by Gasteiger charge is 2.54. The van der Waals surface area contributed by atoms with Crippen LogP contribution in [0.4, 0.5) is 5.69 Å². The number of amides is 2. The summed E-state index contributed by atoms with van der Waals surface area (Å²) in [6, 6.07) is 30.2. The second-order valence-corrected chi connectivity index (χ2v) is 28.5. The number of para-hydroxylation sites is 1. The van der Waals surface area contributed by atoms with Gasteiger partial charge in [0.05, 0.1) is 41.5 Å². The molecule has 8 rings (SSSR count). The van der Waals surface area contributed by atoms with Gasteiger partial charge in [-0.05, 0) is 147 Å². The van der Waals surface area contributed by atoms with Gasteiger partial charge >= 0.3 is 12.7 Å². The zero-order chi connectivity index (χ0) is 71.5. The number of esters is 1. The van der Waals surface area contributed by atoms with Crippen molar-refractivity contribution in [2.75, 3.05) is 61.2 Å². The minimum atomic E-state index is -2.81. The minimum absolute atomic E-state index is 0.0875. The summed E-state index contributed by atoms with van der Waals surface area (Å²) in [5.74, 6) is 0.527. The Morgan fingerprint density at radius 2 is 1.53 bits per heavy atom. The van der Waals surface area contributed by atoms with E-state index >= 15 is 0 Å². The average Bonchev–Trinajstić information content (AvgIpc) is 1.62. The normalized spacial score (nSPS) is 15.2. The third-order valence-electron chi connectivity index (χ3n) is 15.3. The van der Waals surface area contributed by atoms with Crippen molar-refractivity contribution in [2.24, 2.45) is 16.4 Å². The summed E-state index contributed by atoms with van der Waals surface area (Å²) in [6.07, 6.45) is 7.02. The van der Waals surface area contributed by atoms with Crippen LogP contribution in [0.2, 0.25) is 19.5 Å². The third-order valence-corrected chi connectivity index (χ3v) is 19.7. The van der Waals surface area contributed by atoms with Gasteiger partial charge in [0, 0.05) is 70.4 Å². The van der Waals surface area contributed by atoms with E-state index in [-0.39, 0.29) is 35.7 Å². The van der Waals surface area contributed by atoms with Crippen LogP contribution in [0.5, 0.6) is 11.5 Å². The number of anilines is 1. The molecule has 1 saturated carbocycles. The summed E-state index contributed by atoms with van der Waals surface area (Å²) in [7, 11) is 10.3. The first-order chi connectivity index (χ1) is 45.4. The molecule has 7 aromatic rings. The van der Waals surface area contributed by atoms with Crippen molar-refractivity contribution in [3.63, 3.8) is 0 Å². The van der Waals surface area contributed by atoms with E-state index in [0.29, 0.717) is 40.0 Å². The molecule has 0 aliphatic heterocycles. The van der Waals surface area contributed by atoms with E-state index in [0.717, 1.165) is 79.5 Å². The van der Waals surface area contributed by atoms with Crippen molar-refractivity contribution >= 4 is 106 Å². The second kappa shape index (κ2) is 39.5. The molecule has 2 amide bonds. The summed E-state index contributed by atoms with van der Waals surface area (Å²) in [6.45, 7) is 14.0. The van der Waals surface area contributed by atoms with Gasteiger partial charge in [0.15, 0.2) is 21.4 Å². The molecular weight excluding hydrogens is 1380 g/mol. The maximum absolute atomic E-state index is 12.3. The zero-order valence-corrected chi connectivity index (χ0v) is 62.0. The van der Waals surface area contributed by atoms with Gasteiger partial charge in [-0.1, -0.05) is 127 Å². The van der Waals surface area contributed by atoms with Gasteiger partial charge in [0.2, 0.25) is 0 Å². The topological polar surface area (TPSA) is 274 Å². The van der Waals surface area contributed by atoms with Gasteiger partial charge in [-0.15, -0.1) is 11.3 Å². The molecule has 4 atom stereocenters. The number of aryl methyl sites for hydroxylation is 5. The molecule has 1 aliphatic carbocycles. The van der Waals surface area contributed by atoms with Crippen molar-refractivity contribution in [3.8, 4) is 11.5 Å². The highest BCUT2D eigenvalue weighted by molar-refractivity contribution is 8.07. The van der Waals surface area contributed by atoms with E-state index < -0.39 is 35.5 Å². The number of hydrogen-bond acceptors (Lipinski definition) is 18. The van der Waals surface area contributed by atoms with Gasteiger partial charge in [0.1, 0.15) is 42.8 Å². The van der Waals surface area contributed by atoms with Crippen molar-refractivity contribution < 1.29 is 57.0 Å². The fraction of sp³-hybridized carbons (Fsp3) is 0.409. The third kappa shape index (κ3) is 24.3. The molecule has 5 aromatic carbocycles. The molecule has 0 bridgehead atoms. The quantitative estimate of drug-likeness (QED) is 0.0123. The number of rotatable bonds is 22. The lowest BCUT2D eigenvalue weighted by molar-refractivity contribution is -0.485. The number of benzene rings is 5. The van der Waals surface area contributed by atoms with Crippen LogP contribution in [0.3, 0.4) is 0 Å². The van der Waals surface area contributed by atoms with E-state index in [9.17, 15) is 29.6 Å². The predicted octanol–water partition coefficient (Wildman–Crippen LogP) is 13.4. The van der Waals surface area contributed by atoms with E-state index in [1.54, 1.807) is 43.3 Å². The smallest absolute Gasteiger partial charge is 0.380 e. The number of hydrazone groups is 1. The Hall–Kier alpha value is -6.84. The highest BCUT2D eigenvalue weighted by Crippen LogP contribution is 2.53. The lowest BCUT2D eigenvalue weighted by atomic mass is 9.72. The first-order valence-electron chi connectivity index (χ1n) is 29.8. The van der Waals surface area contributed by atoms with Crippen LogP contribution in [0.1, 0.15) is 89.1 Å². The molecule has 522 valence electrons. The molecule has 1 fully saturated rings. The number of carbonyl (C=O) groups excluding carboxylic acids is 3. The van der Waals surface area contributed by atoms with Gasteiger partial charge < -0.3 is 53.6 Å². The minimum Gasteiger partial charge on any atom is -0.489 e. The van der Waals surface area contributed by atoms with Crippen LogP contribution < -0.4 is 30.1 Å². The van der Waals surface area contributed by atoms with E-state index in [1.165, 1.54) is 70.7 Å². The molecule has 30 heteroatoms. The highest BCUT2D eigenvalue weighted by atomic mass is 35.5. The number of methoxy groups -OCH3 is 3. The number of nitrogens with one attached hydrogen (secondary N) is 3. The van der Waals surface area contributed by atoms with Crippen molar-refractivity contribution in [2.45, 2.75) is 112 Å². The number of thiazole rings is 1. The number of ether oxygens (including phenoxy) is 4. The maximum Gasteiger partial charge on any atom is 0.380 e. The summed E-state index contributed by atoms with van der Waals surface area (Å²) in [5, 5.41) is 37.5. The van der Waals surface area contributed by atoms with E-state index in [2.05, 4.69) is 56.0 Å². The standard InChI is InChI=1S/C19H23NO3.C17H22ClN3O.C15H21NO4.C9H11Cl2O3PS.C6H8ClN5O2S/c1-13-9-10-14(2)17(11-13)23-12-15-7-5-6-8-16(15)18(22-4)19(21)20-3;1-16(2)8-7-14(9-13-3-5-15(18)6-4-13)17(16,22)10-21-12-19-11-20-21;1-10-7-6-8-11(2)14(10)16(13(17)9-19-4)12(3)15(18)20-5;1-6-4-7(10)9(8(11)5-6)14-15(16,12-2)13-3;1-8-6(11-12(13)14)10-3-4-2-9-5(7)15-4/h5-11,18H,12H2,1-4H3,(H,20,21);3-6,11-12,14,22H,7-10H2,1-2H3;6-8,12H,9H2,1-5H3;4-5H,1-3H3;2H,3H2,1H3,(H2,8,10,11). The van der Waals surface area contributed by atoms with Gasteiger partial charge in [-0.2, -0.15) is 5.10 Å². The van der Waals surface area contributed by atoms with Crippen LogP contribution in [-0.2, 0) is 75.6 Å². The van der Waals surface area contributed by atoms with Crippen LogP contribution in [0, 0.1) is 56.1 Å². The Labute approximate surface area is 590 Å². The second-order valence-electron chi connectivity index (χ2n) is 22.4. The Morgan fingerprint density at radius 3 is 2.07 bits per heavy atom. The van der Waals surface area contributed by atoms with Crippen LogP contribution in [-0.4, -0.2) is 122 Å². The average molecular weight is 1460 g/mol. The number of nitro groups is 1. The van der Waals surface area contributed by atoms with Crippen molar-refractivity contribution in [1.82, 2.24) is 35.7 Å². The molecule has 0 spiro atoms. The fourth-order valence-electron chi connectivity index (χ4n) is 10.1. The Morgan fingerprint density at radius 1 is 0.885 bits per heavy atom. The fourth-order valence-corrected chi connectivity index (χ4v) is 12.9. The van der Waals surface area contributed by atoms with E-state index in [1.807, 2.05) is 113 Å². The number of aromatic nitrogens is 4. The molecule has 0 radical (unpaired) electrons. The first-order valence-corrected chi connectivity index (χ1v) is 34.7. The summed E-state index contributed by atoms with van der Waals surface area (Å²) < 4.78 is 38.6. The number of halogens is 4. The molecule has 4 unspecified atom stereocenters. The number of likely N-dealkylation sites (N-methyl/N-ethyl adjacent to an activating group) is 1. The summed E-state index contributed by atoms with van der Waals surface area (Å²) >= 11 is 30.0. The SMILES string of the molecule is CC1(C)CCC(Cc2ccc(Cl)cc2)C1(O)Cn1cncn1.CN/C(=N\[N+](=O)[O-])NCc1cnc(Cl)s1.CNC(=O)C(OC)c1ccccc1COc1cc(C)ccc1C.COCC(=O)N(c1c(C)cccc1C)C(C)C(=O)OC.COP(=S)(OC)Oc1c(Cl)cc(C)cc1Cl. The first kappa shape index (κ1) is 81.6. The molecule has 96 heavy (non-hydrogen) atoms. The Bertz CT molecular complexity index is 3690. The largest absolute Gasteiger partial charge is 0.489 e. The molecule has 1 aliphatic rings. The number of nitrogens with zero attached hydrogens (tertiary/aromatic N) is 7. The summed E-state index contributed by atoms with van der Waals surface area (Å²) in [5.41, 5.74) is 7.78. The van der Waals surface area contributed by atoms with Crippen LogP contribution in [0.15, 0.2) is 121 Å². The van der Waals surface area contributed by atoms with Crippen LogP contribution in [0.25, 0.3) is 0 Å². The molecule has 2 aromatic heterocycles. The van der Waals surface area contributed by atoms with Gasteiger partial charge in [-0.3, -0.25) is 19.2 Å². The number of guanidine groups is 1. The molecule has 4 N–H and O–H groups in total. The van der Waals surface area contributed by atoms with Gasteiger partial charge in [0.25, 0.3) is 17.8 Å². The monoisotopic (exact) mass is 1460 g/mol. The lowest BCUT2D eigenvalue weighted by Gasteiger charge is -2.40. The maximum atomic E-state index is 12.3. The van der Waals surface area contributed by atoms with Crippen molar-refractivity contribution in [3.05, 3.63) is 195 Å². The Kier molecular flexibility index (Phi) is 33.6. The number of hydrogen-bond donors (Lipinski definition) is 4. The predicted molar refractivity (Wildman–Crippen MR) is 381 cm³/mol. The lowest BCUT2D eigenvalue weighted by Crippen LogP contribution is -2.49. The van der Waals surface area contributed by atoms with Gasteiger partial charge in [-0.25, -0.2) is 24.9 Å². The number of carbonyl (C=O) groups is 3. The molecule has 0 saturated heterocycles. The zero-order valence-electron chi connectivity index (χ0n) is 56.4. The summed E-state index contributed by atoms with van der Waals surface area (Å²) in [4.78, 5) is 56.3. The molecular formula is C66H85Cl4N10O13PS2. The van der Waals surface area contributed by atoms with Crippen molar-refractivity contribution in [1.29, 1.82) is 0 Å².